The normalized spacial score (nSPS) is 15.6. The van der Waals surface area contributed by atoms with Gasteiger partial charge in [0.2, 0.25) is 15.9 Å². The van der Waals surface area contributed by atoms with Crippen LogP contribution in [0.3, 0.4) is 0 Å². The van der Waals surface area contributed by atoms with Crippen molar-refractivity contribution in [3.63, 3.8) is 0 Å². The third-order valence-electron chi connectivity index (χ3n) is 3.97. The molecule has 1 heterocycles. The lowest BCUT2D eigenvalue weighted by Gasteiger charge is -2.19. The fourth-order valence-electron chi connectivity index (χ4n) is 2.59. The minimum Gasteiger partial charge on any atom is -0.342 e. The van der Waals surface area contributed by atoms with E-state index in [9.17, 15) is 13.2 Å². The van der Waals surface area contributed by atoms with Gasteiger partial charge in [-0.05, 0) is 52.0 Å². The summed E-state index contributed by atoms with van der Waals surface area (Å²) in [4.78, 5) is 14.0. The topological polar surface area (TPSA) is 57.7 Å². The second-order valence-electron chi connectivity index (χ2n) is 5.57. The van der Waals surface area contributed by atoms with Gasteiger partial charge in [-0.2, -0.15) is 0 Å². The Balaban J connectivity index is 2.38. The van der Waals surface area contributed by atoms with Crippen molar-refractivity contribution < 1.29 is 13.2 Å². The first-order valence-corrected chi connectivity index (χ1v) is 9.52. The van der Waals surface area contributed by atoms with Gasteiger partial charge in [-0.1, -0.05) is 6.92 Å². The zero-order chi connectivity index (χ0) is 16.5. The van der Waals surface area contributed by atoms with Gasteiger partial charge < -0.3 is 4.90 Å². The molecular formula is C15H21BrN2O3S. The Bertz CT molecular complexity index is 686. The van der Waals surface area contributed by atoms with Crippen LogP contribution >= 0.6 is 15.9 Å². The first kappa shape index (κ1) is 17.4. The molecule has 0 bridgehead atoms. The van der Waals surface area contributed by atoms with Crippen LogP contribution < -0.4 is 0 Å². The lowest BCUT2D eigenvalue weighted by molar-refractivity contribution is -0.130. The third-order valence-corrected chi connectivity index (χ3v) is 6.74. The highest BCUT2D eigenvalue weighted by Crippen LogP contribution is 2.29. The maximum atomic E-state index is 12.4. The van der Waals surface area contributed by atoms with Crippen molar-refractivity contribution in [2.45, 2.75) is 31.1 Å². The van der Waals surface area contributed by atoms with E-state index < -0.39 is 10.0 Å². The number of carbonyl (C=O) groups is 1. The number of nitrogens with zero attached hydrogens (tertiary/aromatic N) is 2. The van der Waals surface area contributed by atoms with E-state index in [0.717, 1.165) is 17.5 Å². The Morgan fingerprint density at radius 1 is 1.23 bits per heavy atom. The number of halogens is 1. The third kappa shape index (κ3) is 3.36. The van der Waals surface area contributed by atoms with Gasteiger partial charge in [-0.3, -0.25) is 4.79 Å². The molecule has 0 atom stereocenters. The number of hydrogen-bond acceptors (Lipinski definition) is 3. The van der Waals surface area contributed by atoms with Crippen molar-refractivity contribution >= 4 is 31.9 Å². The molecule has 0 aliphatic carbocycles. The molecule has 0 radical (unpaired) electrons. The largest absolute Gasteiger partial charge is 0.342 e. The average molecular weight is 389 g/mol. The summed E-state index contributed by atoms with van der Waals surface area (Å²) >= 11 is 3.38. The van der Waals surface area contributed by atoms with Gasteiger partial charge in [0.25, 0.3) is 0 Å². The summed E-state index contributed by atoms with van der Waals surface area (Å²) in [5.41, 5.74) is 2.12. The highest BCUT2D eigenvalue weighted by atomic mass is 79.9. The summed E-state index contributed by atoms with van der Waals surface area (Å²) in [6.07, 6.45) is 1.94. The van der Waals surface area contributed by atoms with E-state index in [1.165, 1.54) is 18.4 Å². The number of hydrogen-bond donors (Lipinski definition) is 0. The summed E-state index contributed by atoms with van der Waals surface area (Å²) in [6, 6.07) is 3.63. The Morgan fingerprint density at radius 3 is 2.27 bits per heavy atom. The fraction of sp³-hybridized carbons (Fsp3) is 0.533. The summed E-state index contributed by atoms with van der Waals surface area (Å²) < 4.78 is 26.5. The highest BCUT2D eigenvalue weighted by Gasteiger charge is 2.24. The average Bonchev–Trinajstić information content (AvgIpc) is 2.67. The van der Waals surface area contributed by atoms with Crippen molar-refractivity contribution in [2.75, 3.05) is 27.2 Å². The fourth-order valence-corrected chi connectivity index (χ4v) is 4.59. The highest BCUT2D eigenvalue weighted by molar-refractivity contribution is 9.10. The molecule has 5 nitrogen and oxygen atoms in total. The second-order valence-corrected chi connectivity index (χ2v) is 8.55. The lowest BCUT2D eigenvalue weighted by Crippen LogP contribution is -2.32. The Hall–Kier alpha value is -0.920. The van der Waals surface area contributed by atoms with E-state index in [-0.39, 0.29) is 10.8 Å². The lowest BCUT2D eigenvalue weighted by atomic mass is 10.0. The van der Waals surface area contributed by atoms with E-state index in [2.05, 4.69) is 15.9 Å². The number of rotatable bonds is 3. The molecule has 2 rings (SSSR count). The Morgan fingerprint density at radius 2 is 1.77 bits per heavy atom. The molecule has 0 saturated carbocycles. The predicted octanol–water partition coefficient (Wildman–Crippen LogP) is 2.04. The molecular weight excluding hydrogens is 368 g/mol. The molecule has 1 aliphatic heterocycles. The van der Waals surface area contributed by atoms with Crippen LogP contribution in [0, 0.1) is 0 Å². The number of sulfonamides is 1. The standard InChI is InChI=1S/C15H21BrN2O3S/c1-4-15(19)18-7-5-11-9-13(16)14(10-12(11)6-8-18)22(20,21)17(2)3/h9-10H,4-8H2,1-3H3. The molecule has 0 fully saturated rings. The summed E-state index contributed by atoms with van der Waals surface area (Å²) in [5.74, 6) is 0.146. The number of carbonyl (C=O) groups excluding carboxylic acids is 1. The summed E-state index contributed by atoms with van der Waals surface area (Å²) in [6.45, 7) is 3.19. The first-order valence-electron chi connectivity index (χ1n) is 7.29. The predicted molar refractivity (Wildman–Crippen MR) is 89.3 cm³/mol. The zero-order valence-corrected chi connectivity index (χ0v) is 15.5. The second kappa shape index (κ2) is 6.68. The Kier molecular flexibility index (Phi) is 5.29. The van der Waals surface area contributed by atoms with Gasteiger partial charge in [-0.25, -0.2) is 12.7 Å². The van der Waals surface area contributed by atoms with Crippen molar-refractivity contribution in [1.29, 1.82) is 0 Å². The number of amides is 1. The molecule has 1 aliphatic rings. The first-order chi connectivity index (χ1) is 10.3. The van der Waals surface area contributed by atoms with Crippen LogP contribution in [0.5, 0.6) is 0 Å². The molecule has 7 heteroatoms. The number of fused-ring (bicyclic) bond motifs is 1. The van der Waals surface area contributed by atoms with Gasteiger partial charge in [0.1, 0.15) is 0 Å². The van der Waals surface area contributed by atoms with Gasteiger partial charge in [-0.15, -0.1) is 0 Å². The van der Waals surface area contributed by atoms with Crippen LogP contribution in [0.15, 0.2) is 21.5 Å². The van der Waals surface area contributed by atoms with Crippen LogP contribution in [0.2, 0.25) is 0 Å². The van der Waals surface area contributed by atoms with Crippen LogP contribution in [-0.4, -0.2) is 50.7 Å². The monoisotopic (exact) mass is 388 g/mol. The summed E-state index contributed by atoms with van der Waals surface area (Å²) in [7, 11) is -0.436. The van der Waals surface area contributed by atoms with E-state index in [4.69, 9.17) is 0 Å². The zero-order valence-electron chi connectivity index (χ0n) is 13.1. The SMILES string of the molecule is CCC(=O)N1CCc2cc(Br)c(S(=O)(=O)N(C)C)cc2CC1. The van der Waals surface area contributed by atoms with Crippen molar-refractivity contribution in [2.24, 2.45) is 0 Å². The van der Waals surface area contributed by atoms with Crippen LogP contribution in [0.1, 0.15) is 24.5 Å². The minimum atomic E-state index is -3.48. The molecule has 1 amide bonds. The van der Waals surface area contributed by atoms with Gasteiger partial charge in [0.05, 0.1) is 4.90 Å². The van der Waals surface area contributed by atoms with Crippen molar-refractivity contribution in [3.05, 3.63) is 27.7 Å². The van der Waals surface area contributed by atoms with Crippen molar-refractivity contribution in [3.8, 4) is 0 Å². The van der Waals surface area contributed by atoms with Gasteiger partial charge in [0, 0.05) is 38.1 Å². The van der Waals surface area contributed by atoms with Crippen LogP contribution in [0.4, 0.5) is 0 Å². The van der Waals surface area contributed by atoms with Gasteiger partial charge in [0.15, 0.2) is 0 Å². The van der Waals surface area contributed by atoms with E-state index in [0.29, 0.717) is 30.4 Å². The van der Waals surface area contributed by atoms with Crippen molar-refractivity contribution in [1.82, 2.24) is 9.21 Å². The molecule has 22 heavy (non-hydrogen) atoms. The van der Waals surface area contributed by atoms with Gasteiger partial charge >= 0.3 is 0 Å². The molecule has 1 aromatic carbocycles. The van der Waals surface area contributed by atoms with E-state index in [1.807, 2.05) is 17.9 Å². The smallest absolute Gasteiger partial charge is 0.243 e. The van der Waals surface area contributed by atoms with E-state index >= 15 is 0 Å². The summed E-state index contributed by atoms with van der Waals surface area (Å²) in [5, 5.41) is 0. The molecule has 0 unspecified atom stereocenters. The Labute approximate surface area is 140 Å². The molecule has 0 saturated heterocycles. The molecule has 122 valence electrons. The maximum Gasteiger partial charge on any atom is 0.243 e. The molecule has 0 N–H and O–H groups in total. The molecule has 0 spiro atoms. The minimum absolute atomic E-state index is 0.146. The van der Waals surface area contributed by atoms with Crippen LogP contribution in [-0.2, 0) is 27.7 Å². The maximum absolute atomic E-state index is 12.4. The van der Waals surface area contributed by atoms with E-state index in [1.54, 1.807) is 6.07 Å². The molecule has 1 aromatic rings. The number of benzene rings is 1. The quantitative estimate of drug-likeness (QED) is 0.795. The molecule has 0 aromatic heterocycles. The van der Waals surface area contributed by atoms with Crippen LogP contribution in [0.25, 0.3) is 0 Å².